The third kappa shape index (κ3) is 4.28. The molecule has 1 atom stereocenters. The Morgan fingerprint density at radius 1 is 1.17 bits per heavy atom. The molecule has 1 rings (SSSR count). The van der Waals surface area contributed by atoms with E-state index < -0.39 is 0 Å². The number of carbonyl (C=O) groups excluding carboxylic acids is 1. The van der Waals surface area contributed by atoms with E-state index in [0.717, 1.165) is 20.2 Å². The van der Waals surface area contributed by atoms with Crippen molar-refractivity contribution in [3.8, 4) is 0 Å². The van der Waals surface area contributed by atoms with Gasteiger partial charge in [-0.05, 0) is 77.3 Å². The molecule has 18 heavy (non-hydrogen) atoms. The number of nitrogens with one attached hydrogen (secondary N) is 2. The highest BCUT2D eigenvalue weighted by molar-refractivity contribution is 9.11. The van der Waals surface area contributed by atoms with Gasteiger partial charge in [-0.3, -0.25) is 4.79 Å². The average molecular weight is 378 g/mol. The van der Waals surface area contributed by atoms with Crippen molar-refractivity contribution < 1.29 is 4.79 Å². The molecule has 0 spiro atoms. The highest BCUT2D eigenvalue weighted by Crippen LogP contribution is 2.32. The lowest BCUT2D eigenvalue weighted by Crippen LogP contribution is -2.41. The van der Waals surface area contributed by atoms with Crippen molar-refractivity contribution in [2.75, 3.05) is 5.32 Å². The van der Waals surface area contributed by atoms with E-state index in [9.17, 15) is 4.79 Å². The Morgan fingerprint density at radius 2 is 1.67 bits per heavy atom. The number of halogens is 2. The van der Waals surface area contributed by atoms with Gasteiger partial charge in [0.25, 0.3) is 0 Å². The molecule has 0 fully saturated rings. The number of hydrogen-bond acceptors (Lipinski definition) is 2. The van der Waals surface area contributed by atoms with Gasteiger partial charge in [0.2, 0.25) is 5.91 Å². The van der Waals surface area contributed by atoms with Gasteiger partial charge in [0.15, 0.2) is 0 Å². The lowest BCUT2D eigenvalue weighted by molar-refractivity contribution is -0.122. The standard InChI is InChI=1S/C13H18Br2N2O/c1-7(2)16-13(18)9(4)17-12-10(14)5-8(3)6-11(12)15/h5-7,9,17H,1-4H3,(H,16,18). The van der Waals surface area contributed by atoms with Crippen LogP contribution in [0.25, 0.3) is 0 Å². The van der Waals surface area contributed by atoms with Crippen molar-refractivity contribution >= 4 is 43.5 Å². The fourth-order valence-electron chi connectivity index (χ4n) is 1.53. The Balaban J connectivity index is 2.82. The number of amides is 1. The second-order valence-corrected chi connectivity index (χ2v) is 6.34. The molecule has 1 amide bonds. The minimum atomic E-state index is -0.289. The quantitative estimate of drug-likeness (QED) is 0.836. The molecule has 3 nitrogen and oxygen atoms in total. The molecule has 0 bridgehead atoms. The molecule has 0 aliphatic rings. The van der Waals surface area contributed by atoms with Gasteiger partial charge in [0, 0.05) is 15.0 Å². The van der Waals surface area contributed by atoms with Gasteiger partial charge in [-0.15, -0.1) is 0 Å². The van der Waals surface area contributed by atoms with E-state index in [4.69, 9.17) is 0 Å². The normalized spacial score (nSPS) is 12.4. The molecule has 5 heteroatoms. The van der Waals surface area contributed by atoms with Crippen LogP contribution in [0.2, 0.25) is 0 Å². The molecule has 0 saturated carbocycles. The van der Waals surface area contributed by atoms with Gasteiger partial charge >= 0.3 is 0 Å². The summed E-state index contributed by atoms with van der Waals surface area (Å²) in [7, 11) is 0. The van der Waals surface area contributed by atoms with Crippen molar-refractivity contribution in [2.24, 2.45) is 0 Å². The first-order valence-electron chi connectivity index (χ1n) is 5.83. The maximum Gasteiger partial charge on any atom is 0.242 e. The minimum Gasteiger partial charge on any atom is -0.372 e. The summed E-state index contributed by atoms with van der Waals surface area (Å²) in [5.74, 6) is -0.00984. The van der Waals surface area contributed by atoms with Crippen molar-refractivity contribution in [1.82, 2.24) is 5.32 Å². The van der Waals surface area contributed by atoms with Crippen LogP contribution in [0, 0.1) is 6.92 Å². The zero-order chi connectivity index (χ0) is 13.9. The summed E-state index contributed by atoms with van der Waals surface area (Å²) < 4.78 is 1.89. The lowest BCUT2D eigenvalue weighted by Gasteiger charge is -2.19. The zero-order valence-electron chi connectivity index (χ0n) is 11.0. The highest BCUT2D eigenvalue weighted by atomic mass is 79.9. The van der Waals surface area contributed by atoms with Gasteiger partial charge in [0.05, 0.1) is 5.69 Å². The number of anilines is 1. The van der Waals surface area contributed by atoms with Gasteiger partial charge < -0.3 is 10.6 Å². The molecule has 1 aromatic rings. The molecule has 0 aromatic heterocycles. The van der Waals surface area contributed by atoms with Crippen LogP contribution in [0.4, 0.5) is 5.69 Å². The van der Waals surface area contributed by atoms with Crippen LogP contribution >= 0.6 is 31.9 Å². The van der Waals surface area contributed by atoms with Gasteiger partial charge in [-0.2, -0.15) is 0 Å². The maximum atomic E-state index is 11.8. The Kier molecular flexibility index (Phi) is 5.66. The maximum absolute atomic E-state index is 11.8. The summed E-state index contributed by atoms with van der Waals surface area (Å²) in [6, 6.07) is 3.88. The Morgan fingerprint density at radius 3 is 2.11 bits per heavy atom. The van der Waals surface area contributed by atoms with E-state index >= 15 is 0 Å². The van der Waals surface area contributed by atoms with Gasteiger partial charge in [-0.25, -0.2) is 0 Å². The summed E-state index contributed by atoms with van der Waals surface area (Å²) in [6.07, 6.45) is 0. The number of hydrogen-bond donors (Lipinski definition) is 2. The van der Waals surface area contributed by atoms with Crippen molar-refractivity contribution in [3.05, 3.63) is 26.6 Å². The molecular weight excluding hydrogens is 360 g/mol. The Bertz CT molecular complexity index is 424. The summed E-state index contributed by atoms with van der Waals surface area (Å²) in [4.78, 5) is 11.8. The van der Waals surface area contributed by atoms with Crippen LogP contribution in [0.15, 0.2) is 21.1 Å². The van der Waals surface area contributed by atoms with E-state index in [1.54, 1.807) is 0 Å². The Labute approximate surface area is 125 Å². The van der Waals surface area contributed by atoms with Gasteiger partial charge in [0.1, 0.15) is 6.04 Å². The molecule has 0 heterocycles. The van der Waals surface area contributed by atoms with E-state index in [0.29, 0.717) is 0 Å². The van der Waals surface area contributed by atoms with Crippen molar-refractivity contribution in [2.45, 2.75) is 39.8 Å². The SMILES string of the molecule is Cc1cc(Br)c(NC(C)C(=O)NC(C)C)c(Br)c1. The third-order valence-electron chi connectivity index (χ3n) is 2.37. The molecule has 1 aromatic carbocycles. The predicted molar refractivity (Wildman–Crippen MR) is 82.9 cm³/mol. The monoisotopic (exact) mass is 376 g/mol. The Hall–Kier alpha value is -0.550. The average Bonchev–Trinajstić information content (AvgIpc) is 2.21. The second kappa shape index (κ2) is 6.57. The molecular formula is C13H18Br2N2O. The highest BCUT2D eigenvalue weighted by Gasteiger charge is 2.16. The van der Waals surface area contributed by atoms with E-state index in [2.05, 4.69) is 42.5 Å². The third-order valence-corrected chi connectivity index (χ3v) is 3.62. The molecule has 1 unspecified atom stereocenters. The first-order chi connectivity index (χ1) is 8.31. The predicted octanol–water partition coefficient (Wildman–Crippen LogP) is 3.85. The van der Waals surface area contributed by atoms with Crippen LogP contribution in [0.3, 0.4) is 0 Å². The fraction of sp³-hybridized carbons (Fsp3) is 0.462. The van der Waals surface area contributed by atoms with E-state index in [1.807, 2.05) is 39.8 Å². The summed E-state index contributed by atoms with van der Waals surface area (Å²) >= 11 is 7.00. The molecule has 0 radical (unpaired) electrons. The smallest absolute Gasteiger partial charge is 0.242 e. The molecule has 2 N–H and O–H groups in total. The number of rotatable bonds is 4. The van der Waals surface area contributed by atoms with Crippen LogP contribution < -0.4 is 10.6 Å². The van der Waals surface area contributed by atoms with E-state index in [1.165, 1.54) is 0 Å². The molecule has 0 aliphatic heterocycles. The number of benzene rings is 1. The van der Waals surface area contributed by atoms with Crippen LogP contribution in [0.5, 0.6) is 0 Å². The first kappa shape index (κ1) is 15.5. The van der Waals surface area contributed by atoms with Crippen LogP contribution in [-0.2, 0) is 4.79 Å². The van der Waals surface area contributed by atoms with Crippen LogP contribution in [0.1, 0.15) is 26.3 Å². The summed E-state index contributed by atoms with van der Waals surface area (Å²) in [5.41, 5.74) is 2.05. The summed E-state index contributed by atoms with van der Waals surface area (Å²) in [5, 5.41) is 6.09. The fourth-order valence-corrected chi connectivity index (χ4v) is 3.17. The summed E-state index contributed by atoms with van der Waals surface area (Å²) in [6.45, 7) is 7.76. The number of aryl methyl sites for hydroxylation is 1. The zero-order valence-corrected chi connectivity index (χ0v) is 14.1. The number of carbonyl (C=O) groups is 1. The van der Waals surface area contributed by atoms with Gasteiger partial charge in [-0.1, -0.05) is 0 Å². The van der Waals surface area contributed by atoms with E-state index in [-0.39, 0.29) is 18.0 Å². The van der Waals surface area contributed by atoms with Crippen molar-refractivity contribution in [1.29, 1.82) is 0 Å². The molecule has 0 saturated heterocycles. The van der Waals surface area contributed by atoms with Crippen molar-refractivity contribution in [3.63, 3.8) is 0 Å². The second-order valence-electron chi connectivity index (χ2n) is 4.63. The first-order valence-corrected chi connectivity index (χ1v) is 7.42. The lowest BCUT2D eigenvalue weighted by atomic mass is 10.2. The minimum absolute atomic E-state index is 0.00984. The largest absolute Gasteiger partial charge is 0.372 e. The molecule has 100 valence electrons. The molecule has 0 aliphatic carbocycles. The van der Waals surface area contributed by atoms with Crippen LogP contribution in [-0.4, -0.2) is 18.0 Å². The topological polar surface area (TPSA) is 41.1 Å².